The average molecular weight is 291 g/mol. The summed E-state index contributed by atoms with van der Waals surface area (Å²) in [4.78, 5) is 14.6. The van der Waals surface area contributed by atoms with Gasteiger partial charge in [0.2, 0.25) is 0 Å². The van der Waals surface area contributed by atoms with E-state index < -0.39 is 5.97 Å². The monoisotopic (exact) mass is 291 g/mol. The van der Waals surface area contributed by atoms with Crippen LogP contribution in [0.3, 0.4) is 0 Å². The predicted octanol–water partition coefficient (Wildman–Crippen LogP) is 3.61. The van der Waals surface area contributed by atoms with E-state index in [-0.39, 0.29) is 0 Å². The summed E-state index contributed by atoms with van der Waals surface area (Å²) in [6.07, 6.45) is 9.82. The van der Waals surface area contributed by atoms with Crippen LogP contribution in [-0.2, 0) is 11.3 Å². The second-order valence-corrected chi connectivity index (χ2v) is 6.84. The SMILES string of the molecule is O=C(O)/C=C/c1ccsc1CN1CCC2CCCCC21. The molecule has 2 unspecified atom stereocenters. The first-order valence-corrected chi connectivity index (χ1v) is 8.33. The van der Waals surface area contributed by atoms with Crippen molar-refractivity contribution in [2.45, 2.75) is 44.7 Å². The van der Waals surface area contributed by atoms with Gasteiger partial charge >= 0.3 is 5.97 Å². The zero-order valence-electron chi connectivity index (χ0n) is 11.6. The fourth-order valence-electron chi connectivity index (χ4n) is 3.67. The molecule has 1 saturated heterocycles. The highest BCUT2D eigenvalue weighted by Crippen LogP contribution is 2.37. The first-order chi connectivity index (χ1) is 9.74. The third-order valence-electron chi connectivity index (χ3n) is 4.66. The van der Waals surface area contributed by atoms with E-state index in [9.17, 15) is 4.79 Å². The largest absolute Gasteiger partial charge is 0.478 e. The summed E-state index contributed by atoms with van der Waals surface area (Å²) < 4.78 is 0. The molecule has 1 aromatic heterocycles. The molecule has 1 N–H and O–H groups in total. The van der Waals surface area contributed by atoms with Crippen molar-refractivity contribution < 1.29 is 9.90 Å². The fraction of sp³-hybridized carbons (Fsp3) is 0.562. The molecule has 1 aliphatic heterocycles. The molecule has 3 nitrogen and oxygen atoms in total. The Kier molecular flexibility index (Phi) is 4.22. The molecule has 2 heterocycles. The van der Waals surface area contributed by atoms with E-state index in [1.54, 1.807) is 17.4 Å². The molecule has 1 aliphatic carbocycles. The minimum absolute atomic E-state index is 0.766. The summed E-state index contributed by atoms with van der Waals surface area (Å²) in [5.74, 6) is 0.0254. The maximum Gasteiger partial charge on any atom is 0.328 e. The number of likely N-dealkylation sites (tertiary alicyclic amines) is 1. The molecule has 4 heteroatoms. The average Bonchev–Trinajstić information content (AvgIpc) is 3.05. The van der Waals surface area contributed by atoms with Gasteiger partial charge in [0.15, 0.2) is 0 Å². The summed E-state index contributed by atoms with van der Waals surface area (Å²) in [6.45, 7) is 2.19. The lowest BCUT2D eigenvalue weighted by Gasteiger charge is -2.31. The summed E-state index contributed by atoms with van der Waals surface area (Å²) in [6, 6.07) is 2.79. The van der Waals surface area contributed by atoms with Crippen molar-refractivity contribution in [3.8, 4) is 0 Å². The standard InChI is InChI=1S/C16H21NO2S/c18-16(19)6-5-13-8-10-20-15(13)11-17-9-7-12-3-1-2-4-14(12)17/h5-6,8,10,12,14H,1-4,7,9,11H2,(H,18,19)/b6-5+. The van der Waals surface area contributed by atoms with E-state index >= 15 is 0 Å². The number of carboxylic acids is 1. The van der Waals surface area contributed by atoms with E-state index in [0.717, 1.165) is 24.1 Å². The Labute approximate surface area is 123 Å². The number of hydrogen-bond donors (Lipinski definition) is 1. The van der Waals surface area contributed by atoms with Crippen molar-refractivity contribution in [3.63, 3.8) is 0 Å². The number of thiophene rings is 1. The van der Waals surface area contributed by atoms with E-state index in [4.69, 9.17) is 5.11 Å². The lowest BCUT2D eigenvalue weighted by Crippen LogP contribution is -2.34. The van der Waals surface area contributed by atoms with Crippen molar-refractivity contribution in [3.05, 3.63) is 28.0 Å². The van der Waals surface area contributed by atoms with Crippen LogP contribution in [0.4, 0.5) is 0 Å². The Morgan fingerprint density at radius 3 is 3.10 bits per heavy atom. The van der Waals surface area contributed by atoms with Crippen molar-refractivity contribution in [2.24, 2.45) is 5.92 Å². The molecule has 2 aliphatic rings. The molecule has 20 heavy (non-hydrogen) atoms. The highest BCUT2D eigenvalue weighted by Gasteiger charge is 2.35. The maximum absolute atomic E-state index is 10.6. The number of aliphatic carboxylic acids is 1. The van der Waals surface area contributed by atoms with Gasteiger partial charge in [-0.1, -0.05) is 12.8 Å². The van der Waals surface area contributed by atoms with Gasteiger partial charge in [0.1, 0.15) is 0 Å². The third-order valence-corrected chi connectivity index (χ3v) is 5.58. The Morgan fingerprint density at radius 2 is 2.25 bits per heavy atom. The number of carbonyl (C=O) groups is 1. The highest BCUT2D eigenvalue weighted by atomic mass is 32.1. The molecular formula is C16H21NO2S. The number of nitrogens with zero attached hydrogens (tertiary/aromatic N) is 1. The predicted molar refractivity (Wildman–Crippen MR) is 81.8 cm³/mol. The van der Waals surface area contributed by atoms with Crippen LogP contribution in [0.2, 0.25) is 0 Å². The Balaban J connectivity index is 1.69. The molecule has 2 atom stereocenters. The molecule has 3 rings (SSSR count). The highest BCUT2D eigenvalue weighted by molar-refractivity contribution is 7.10. The maximum atomic E-state index is 10.6. The van der Waals surface area contributed by atoms with E-state index in [2.05, 4.69) is 10.3 Å². The van der Waals surface area contributed by atoms with Crippen LogP contribution in [0.1, 0.15) is 42.5 Å². The Hall–Kier alpha value is -1.13. The molecule has 0 spiro atoms. The lowest BCUT2D eigenvalue weighted by atomic mass is 9.85. The van der Waals surface area contributed by atoms with Gasteiger partial charge in [-0.05, 0) is 54.8 Å². The van der Waals surface area contributed by atoms with Gasteiger partial charge in [-0.3, -0.25) is 4.90 Å². The fourth-order valence-corrected chi connectivity index (χ4v) is 4.56. The first-order valence-electron chi connectivity index (χ1n) is 7.45. The van der Waals surface area contributed by atoms with Gasteiger partial charge in [0.25, 0.3) is 0 Å². The quantitative estimate of drug-likeness (QED) is 0.862. The van der Waals surface area contributed by atoms with Crippen LogP contribution in [0.15, 0.2) is 17.5 Å². The third kappa shape index (κ3) is 2.96. The summed E-state index contributed by atoms with van der Waals surface area (Å²) >= 11 is 1.74. The van der Waals surface area contributed by atoms with E-state index in [1.165, 1.54) is 49.6 Å². The molecule has 0 amide bonds. The lowest BCUT2D eigenvalue weighted by molar-refractivity contribution is -0.131. The van der Waals surface area contributed by atoms with Gasteiger partial charge in [-0.25, -0.2) is 4.79 Å². The van der Waals surface area contributed by atoms with Crippen LogP contribution in [0.25, 0.3) is 6.08 Å². The molecule has 1 saturated carbocycles. The smallest absolute Gasteiger partial charge is 0.328 e. The minimum Gasteiger partial charge on any atom is -0.478 e. The van der Waals surface area contributed by atoms with Gasteiger partial charge in [-0.2, -0.15) is 0 Å². The zero-order valence-corrected chi connectivity index (χ0v) is 12.4. The van der Waals surface area contributed by atoms with Gasteiger partial charge in [-0.15, -0.1) is 11.3 Å². The second-order valence-electron chi connectivity index (χ2n) is 5.84. The molecule has 0 radical (unpaired) electrons. The van der Waals surface area contributed by atoms with E-state index in [0.29, 0.717) is 0 Å². The molecule has 2 fully saturated rings. The summed E-state index contributed by atoms with van der Waals surface area (Å²) in [5, 5.41) is 10.8. The molecular weight excluding hydrogens is 270 g/mol. The topological polar surface area (TPSA) is 40.5 Å². The van der Waals surface area contributed by atoms with Crippen LogP contribution in [0, 0.1) is 5.92 Å². The van der Waals surface area contributed by atoms with Crippen LogP contribution in [0.5, 0.6) is 0 Å². The van der Waals surface area contributed by atoms with Gasteiger partial charge in [0, 0.05) is 23.5 Å². The minimum atomic E-state index is -0.879. The van der Waals surface area contributed by atoms with Gasteiger partial charge in [0.05, 0.1) is 0 Å². The molecule has 1 aromatic rings. The van der Waals surface area contributed by atoms with Gasteiger partial charge < -0.3 is 5.11 Å². The number of fused-ring (bicyclic) bond motifs is 1. The number of hydrogen-bond acceptors (Lipinski definition) is 3. The Morgan fingerprint density at radius 1 is 1.40 bits per heavy atom. The van der Waals surface area contributed by atoms with Crippen molar-refractivity contribution in [1.29, 1.82) is 0 Å². The Bertz CT molecular complexity index is 508. The molecule has 108 valence electrons. The van der Waals surface area contributed by atoms with Crippen LogP contribution in [-0.4, -0.2) is 28.6 Å². The van der Waals surface area contributed by atoms with Crippen molar-refractivity contribution >= 4 is 23.4 Å². The van der Waals surface area contributed by atoms with Crippen LogP contribution < -0.4 is 0 Å². The van der Waals surface area contributed by atoms with Crippen LogP contribution >= 0.6 is 11.3 Å². The molecule has 0 bridgehead atoms. The van der Waals surface area contributed by atoms with Crippen molar-refractivity contribution in [2.75, 3.05) is 6.54 Å². The molecule has 0 aromatic carbocycles. The number of rotatable bonds is 4. The first kappa shape index (κ1) is 13.8. The second kappa shape index (κ2) is 6.10. The summed E-state index contributed by atoms with van der Waals surface area (Å²) in [7, 11) is 0. The van der Waals surface area contributed by atoms with Crippen molar-refractivity contribution in [1.82, 2.24) is 4.90 Å². The number of carboxylic acid groups (broad SMARTS) is 1. The zero-order chi connectivity index (χ0) is 13.9. The summed E-state index contributed by atoms with van der Waals surface area (Å²) in [5.41, 5.74) is 1.07. The normalized spacial score (nSPS) is 27.0. The van der Waals surface area contributed by atoms with E-state index in [1.807, 2.05) is 6.07 Å².